The molecule has 1 unspecified atom stereocenters. The predicted octanol–water partition coefficient (Wildman–Crippen LogP) is 1.24. The average Bonchev–Trinajstić information content (AvgIpc) is 2.97. The van der Waals surface area contributed by atoms with Gasteiger partial charge in [-0.25, -0.2) is 13.4 Å². The molecule has 0 radical (unpaired) electrons. The summed E-state index contributed by atoms with van der Waals surface area (Å²) in [5.41, 5.74) is 0. The van der Waals surface area contributed by atoms with Crippen LogP contribution >= 0.6 is 0 Å². The van der Waals surface area contributed by atoms with Gasteiger partial charge in [0.1, 0.15) is 11.9 Å². The molecule has 1 aromatic carbocycles. The lowest BCUT2D eigenvalue weighted by molar-refractivity contribution is -0.123. The summed E-state index contributed by atoms with van der Waals surface area (Å²) in [5.74, 6) is 1.12. The molecule has 0 aliphatic carbocycles. The van der Waals surface area contributed by atoms with Crippen LogP contribution in [0.3, 0.4) is 0 Å². The molecular weight excluding hydrogens is 408 g/mol. The Morgan fingerprint density at radius 2 is 1.97 bits per heavy atom. The van der Waals surface area contributed by atoms with Gasteiger partial charge >= 0.3 is 0 Å². The van der Waals surface area contributed by atoms with Gasteiger partial charge in [0.05, 0.1) is 18.1 Å². The Kier molecular flexibility index (Phi) is 6.99. The van der Waals surface area contributed by atoms with Crippen molar-refractivity contribution in [2.24, 2.45) is 13.0 Å². The fraction of sp³-hybridized carbons (Fsp3) is 0.500. The van der Waals surface area contributed by atoms with Gasteiger partial charge in [0.25, 0.3) is 0 Å². The van der Waals surface area contributed by atoms with E-state index in [9.17, 15) is 13.2 Å². The third-order valence-electron chi connectivity index (χ3n) is 4.83. The van der Waals surface area contributed by atoms with Crippen molar-refractivity contribution in [3.8, 4) is 11.5 Å². The fourth-order valence-electron chi connectivity index (χ4n) is 3.08. The number of fused-ring (bicyclic) bond motifs is 1. The van der Waals surface area contributed by atoms with Crippen molar-refractivity contribution in [1.82, 2.24) is 19.6 Å². The number of nitrogens with zero attached hydrogens (tertiary/aromatic N) is 2. The van der Waals surface area contributed by atoms with Crippen LogP contribution in [0, 0.1) is 5.92 Å². The monoisotopic (exact) mass is 436 g/mol. The van der Waals surface area contributed by atoms with Crippen molar-refractivity contribution in [3.63, 3.8) is 0 Å². The van der Waals surface area contributed by atoms with Crippen LogP contribution in [0.5, 0.6) is 11.5 Å². The number of benzene rings is 1. The number of carbonyl (C=O) groups excluding carboxylic acids is 1. The van der Waals surface area contributed by atoms with Gasteiger partial charge in [-0.15, -0.1) is 0 Å². The molecule has 3 rings (SSSR count). The second-order valence-electron chi connectivity index (χ2n) is 7.50. The van der Waals surface area contributed by atoms with E-state index < -0.39 is 16.1 Å². The molecule has 10 heteroatoms. The molecule has 9 nitrogen and oxygen atoms in total. The van der Waals surface area contributed by atoms with Crippen molar-refractivity contribution in [2.45, 2.75) is 37.6 Å². The zero-order valence-corrected chi connectivity index (χ0v) is 18.2. The molecule has 1 aromatic heterocycles. The van der Waals surface area contributed by atoms with E-state index in [-0.39, 0.29) is 16.7 Å². The number of hydrogen-bond donors (Lipinski definition) is 2. The summed E-state index contributed by atoms with van der Waals surface area (Å²) in [6, 6.07) is 3.55. The van der Waals surface area contributed by atoms with Gasteiger partial charge in [0, 0.05) is 44.9 Å². The van der Waals surface area contributed by atoms with Crippen molar-refractivity contribution < 1.29 is 22.7 Å². The maximum Gasteiger partial charge on any atom is 0.241 e. The van der Waals surface area contributed by atoms with Crippen LogP contribution in [-0.4, -0.2) is 49.7 Å². The lowest BCUT2D eigenvalue weighted by Crippen LogP contribution is -2.50. The Balaban J connectivity index is 1.68. The van der Waals surface area contributed by atoms with Crippen molar-refractivity contribution in [3.05, 3.63) is 36.4 Å². The van der Waals surface area contributed by atoms with Crippen molar-refractivity contribution in [2.75, 3.05) is 19.8 Å². The number of aryl methyl sites for hydroxylation is 1. The van der Waals surface area contributed by atoms with Crippen LogP contribution in [0.2, 0.25) is 0 Å². The quantitative estimate of drug-likeness (QED) is 0.644. The van der Waals surface area contributed by atoms with E-state index in [2.05, 4.69) is 15.0 Å². The highest BCUT2D eigenvalue weighted by Crippen LogP contribution is 2.32. The number of imidazole rings is 1. The molecule has 2 N–H and O–H groups in total. The molecule has 1 atom stereocenters. The molecule has 1 amide bonds. The molecule has 0 bridgehead atoms. The summed E-state index contributed by atoms with van der Waals surface area (Å²) in [7, 11) is -2.05. The number of amides is 1. The average molecular weight is 437 g/mol. The molecule has 1 aliphatic rings. The molecule has 0 spiro atoms. The van der Waals surface area contributed by atoms with E-state index in [1.807, 2.05) is 17.8 Å². The van der Waals surface area contributed by atoms with Crippen LogP contribution in [0.4, 0.5) is 0 Å². The van der Waals surface area contributed by atoms with Gasteiger partial charge in [0.2, 0.25) is 15.9 Å². The summed E-state index contributed by atoms with van der Waals surface area (Å²) < 4.78 is 41.4. The topological polar surface area (TPSA) is 112 Å². The summed E-state index contributed by atoms with van der Waals surface area (Å²) in [6.07, 6.45) is 4.80. The zero-order valence-electron chi connectivity index (χ0n) is 17.4. The minimum atomic E-state index is -3.93. The van der Waals surface area contributed by atoms with Gasteiger partial charge in [-0.2, -0.15) is 4.72 Å². The number of carbonyl (C=O) groups is 1. The normalized spacial score (nSPS) is 14.9. The second kappa shape index (κ2) is 9.48. The van der Waals surface area contributed by atoms with Gasteiger partial charge in [0.15, 0.2) is 11.5 Å². The zero-order chi connectivity index (χ0) is 21.7. The van der Waals surface area contributed by atoms with Gasteiger partial charge < -0.3 is 19.4 Å². The van der Waals surface area contributed by atoms with Gasteiger partial charge in [-0.1, -0.05) is 13.8 Å². The minimum absolute atomic E-state index is 0.0261. The number of hydrogen-bond acceptors (Lipinski definition) is 6. The first-order valence-electron chi connectivity index (χ1n) is 9.94. The highest BCUT2D eigenvalue weighted by molar-refractivity contribution is 7.89. The Morgan fingerprint density at radius 1 is 1.23 bits per heavy atom. The molecule has 164 valence electrons. The standard InChI is InChI=1S/C20H28N4O5S/c1-14(2)19(20(25)22-8-7-18-21-9-10-24(18)3)23-30(26,27)15-5-6-16-17(13-15)29-12-4-11-28-16/h5-6,9-10,13-14,19,23H,4,7-8,11-12H2,1-3H3,(H,22,25). The maximum absolute atomic E-state index is 12.9. The lowest BCUT2D eigenvalue weighted by Gasteiger charge is -2.22. The number of nitrogens with one attached hydrogen (secondary N) is 2. The molecule has 2 aromatic rings. The SMILES string of the molecule is CC(C)C(NS(=O)(=O)c1ccc2c(c1)OCCCO2)C(=O)NCCc1nccn1C. The number of aromatic nitrogens is 2. The van der Waals surface area contributed by atoms with E-state index in [1.165, 1.54) is 12.1 Å². The van der Waals surface area contributed by atoms with Crippen molar-refractivity contribution in [1.29, 1.82) is 0 Å². The molecule has 0 fully saturated rings. The van der Waals surface area contributed by atoms with Gasteiger partial charge in [-0.3, -0.25) is 4.79 Å². The largest absolute Gasteiger partial charge is 0.490 e. The molecule has 0 saturated heterocycles. The molecule has 30 heavy (non-hydrogen) atoms. The third kappa shape index (κ3) is 5.31. The van der Waals surface area contributed by atoms with Crippen LogP contribution in [-0.2, 0) is 28.3 Å². The molecular formula is C20H28N4O5S. The Hall–Kier alpha value is -2.59. The molecule has 0 saturated carbocycles. The molecule has 1 aliphatic heterocycles. The molecule has 2 heterocycles. The van der Waals surface area contributed by atoms with Crippen LogP contribution in [0.1, 0.15) is 26.1 Å². The first kappa shape index (κ1) is 22.1. The Morgan fingerprint density at radius 3 is 2.63 bits per heavy atom. The minimum Gasteiger partial charge on any atom is -0.490 e. The van der Waals surface area contributed by atoms with Crippen LogP contribution < -0.4 is 19.5 Å². The van der Waals surface area contributed by atoms with E-state index in [0.717, 1.165) is 12.2 Å². The summed E-state index contributed by atoms with van der Waals surface area (Å²) >= 11 is 0. The predicted molar refractivity (Wildman–Crippen MR) is 111 cm³/mol. The first-order valence-corrected chi connectivity index (χ1v) is 11.4. The van der Waals surface area contributed by atoms with Crippen LogP contribution in [0.15, 0.2) is 35.5 Å². The van der Waals surface area contributed by atoms with E-state index in [0.29, 0.717) is 37.7 Å². The van der Waals surface area contributed by atoms with E-state index in [4.69, 9.17) is 9.47 Å². The fourth-order valence-corrected chi connectivity index (χ4v) is 4.44. The van der Waals surface area contributed by atoms with Crippen molar-refractivity contribution >= 4 is 15.9 Å². The Labute approximate surface area is 176 Å². The number of ether oxygens (including phenoxy) is 2. The summed E-state index contributed by atoms with van der Waals surface area (Å²) in [6.45, 7) is 4.92. The number of rotatable bonds is 8. The second-order valence-corrected chi connectivity index (χ2v) is 9.21. The first-order chi connectivity index (χ1) is 14.3. The van der Waals surface area contributed by atoms with E-state index in [1.54, 1.807) is 26.1 Å². The highest BCUT2D eigenvalue weighted by atomic mass is 32.2. The van der Waals surface area contributed by atoms with Gasteiger partial charge in [-0.05, 0) is 18.1 Å². The summed E-state index contributed by atoms with van der Waals surface area (Å²) in [4.78, 5) is 16.9. The highest BCUT2D eigenvalue weighted by Gasteiger charge is 2.29. The van der Waals surface area contributed by atoms with Crippen LogP contribution in [0.25, 0.3) is 0 Å². The summed E-state index contributed by atoms with van der Waals surface area (Å²) in [5, 5.41) is 2.80. The lowest BCUT2D eigenvalue weighted by atomic mass is 10.1. The number of sulfonamides is 1. The smallest absolute Gasteiger partial charge is 0.241 e. The third-order valence-corrected chi connectivity index (χ3v) is 6.27. The van der Waals surface area contributed by atoms with E-state index >= 15 is 0 Å². The Bertz CT molecular complexity index is 987. The maximum atomic E-state index is 12.9.